The second kappa shape index (κ2) is 4.45. The van der Waals surface area contributed by atoms with Crippen molar-refractivity contribution < 1.29 is 0 Å². The van der Waals surface area contributed by atoms with Gasteiger partial charge in [0.05, 0.1) is 11.9 Å². The highest BCUT2D eigenvalue weighted by Crippen LogP contribution is 2.24. The normalized spacial score (nSPS) is 10.3. The summed E-state index contributed by atoms with van der Waals surface area (Å²) >= 11 is 0. The molecule has 88 valence electrons. The second-order valence-corrected chi connectivity index (χ2v) is 4.32. The number of para-hydroxylation sites is 1. The van der Waals surface area contributed by atoms with Crippen molar-refractivity contribution in [3.63, 3.8) is 0 Å². The molecular weight excluding hydrogens is 210 g/mol. The van der Waals surface area contributed by atoms with Crippen molar-refractivity contribution in [1.29, 1.82) is 0 Å². The molecule has 1 heterocycles. The van der Waals surface area contributed by atoms with Gasteiger partial charge in [0, 0.05) is 5.69 Å². The first-order valence-corrected chi connectivity index (χ1v) is 5.63. The van der Waals surface area contributed by atoms with Crippen LogP contribution < -0.4 is 11.1 Å². The van der Waals surface area contributed by atoms with Crippen LogP contribution >= 0.6 is 0 Å². The van der Waals surface area contributed by atoms with E-state index in [1.807, 2.05) is 13.0 Å². The predicted octanol–water partition coefficient (Wildman–Crippen LogP) is 3.33. The number of nitrogens with zero attached hydrogens (tertiary/aromatic N) is 1. The third-order valence-corrected chi connectivity index (χ3v) is 2.89. The number of aryl methyl sites for hydroxylation is 3. The Morgan fingerprint density at radius 3 is 2.29 bits per heavy atom. The van der Waals surface area contributed by atoms with E-state index in [0.717, 1.165) is 22.8 Å². The Labute approximate surface area is 102 Å². The third-order valence-electron chi connectivity index (χ3n) is 2.89. The quantitative estimate of drug-likeness (QED) is 0.827. The molecule has 0 aliphatic carbocycles. The van der Waals surface area contributed by atoms with Crippen molar-refractivity contribution in [1.82, 2.24) is 4.98 Å². The lowest BCUT2D eigenvalue weighted by atomic mass is 10.1. The Balaban J connectivity index is 2.35. The fourth-order valence-corrected chi connectivity index (χ4v) is 1.77. The van der Waals surface area contributed by atoms with Crippen LogP contribution in [0.1, 0.15) is 16.7 Å². The minimum absolute atomic E-state index is 0.719. The minimum atomic E-state index is 0.719. The molecule has 0 bridgehead atoms. The van der Waals surface area contributed by atoms with E-state index >= 15 is 0 Å². The van der Waals surface area contributed by atoms with Gasteiger partial charge in [0.25, 0.3) is 0 Å². The van der Waals surface area contributed by atoms with Crippen molar-refractivity contribution in [2.75, 3.05) is 11.1 Å². The van der Waals surface area contributed by atoms with E-state index in [1.165, 1.54) is 11.1 Å². The number of pyridine rings is 1. The number of rotatable bonds is 2. The van der Waals surface area contributed by atoms with E-state index in [1.54, 1.807) is 6.20 Å². The molecular formula is C14H17N3. The highest BCUT2D eigenvalue weighted by atomic mass is 15.0. The maximum absolute atomic E-state index is 5.75. The molecule has 0 amide bonds. The molecule has 1 aromatic carbocycles. The van der Waals surface area contributed by atoms with Crippen LogP contribution in [0, 0.1) is 20.8 Å². The zero-order valence-electron chi connectivity index (χ0n) is 10.4. The predicted molar refractivity (Wildman–Crippen MR) is 72.6 cm³/mol. The number of hydrogen-bond donors (Lipinski definition) is 2. The summed E-state index contributed by atoms with van der Waals surface area (Å²) in [7, 11) is 0. The number of nitrogen functional groups attached to an aromatic ring is 1. The summed E-state index contributed by atoms with van der Waals surface area (Å²) in [5, 5.41) is 3.34. The van der Waals surface area contributed by atoms with Crippen LogP contribution in [0.25, 0.3) is 0 Å². The van der Waals surface area contributed by atoms with Crippen molar-refractivity contribution in [3.8, 4) is 0 Å². The summed E-state index contributed by atoms with van der Waals surface area (Å²) in [5.41, 5.74) is 11.0. The molecule has 0 aliphatic heterocycles. The van der Waals surface area contributed by atoms with E-state index in [-0.39, 0.29) is 0 Å². The Kier molecular flexibility index (Phi) is 3.00. The molecule has 0 saturated heterocycles. The number of aromatic nitrogens is 1. The topological polar surface area (TPSA) is 50.9 Å². The maximum Gasteiger partial charge on any atom is 0.130 e. The van der Waals surface area contributed by atoms with Gasteiger partial charge in [0.15, 0.2) is 0 Å². The zero-order valence-corrected chi connectivity index (χ0v) is 10.4. The molecule has 3 N–H and O–H groups in total. The molecule has 1 aromatic heterocycles. The van der Waals surface area contributed by atoms with E-state index in [4.69, 9.17) is 5.73 Å². The molecule has 0 fully saturated rings. The molecule has 3 nitrogen and oxygen atoms in total. The molecule has 2 aromatic rings. The van der Waals surface area contributed by atoms with Crippen LogP contribution in [0.2, 0.25) is 0 Å². The minimum Gasteiger partial charge on any atom is -0.397 e. The molecule has 2 rings (SSSR count). The molecule has 0 unspecified atom stereocenters. The third kappa shape index (κ3) is 2.38. The van der Waals surface area contributed by atoms with Crippen LogP contribution in [0.3, 0.4) is 0 Å². The molecule has 17 heavy (non-hydrogen) atoms. The van der Waals surface area contributed by atoms with Gasteiger partial charge in [-0.15, -0.1) is 0 Å². The van der Waals surface area contributed by atoms with Crippen LogP contribution in [0.5, 0.6) is 0 Å². The van der Waals surface area contributed by atoms with Gasteiger partial charge < -0.3 is 11.1 Å². The van der Waals surface area contributed by atoms with E-state index in [0.29, 0.717) is 0 Å². The monoisotopic (exact) mass is 227 g/mol. The van der Waals surface area contributed by atoms with Gasteiger partial charge in [0.2, 0.25) is 0 Å². The first-order valence-electron chi connectivity index (χ1n) is 5.63. The standard InChI is InChI=1S/C14H17N3/c1-9-5-4-6-10(2)14(9)17-13-7-11(3)12(15)8-16-13/h4-8H,15H2,1-3H3,(H,16,17). The number of nitrogens with one attached hydrogen (secondary N) is 1. The van der Waals surface area contributed by atoms with Gasteiger partial charge in [0.1, 0.15) is 5.82 Å². The van der Waals surface area contributed by atoms with Gasteiger partial charge >= 0.3 is 0 Å². The summed E-state index contributed by atoms with van der Waals surface area (Å²) in [6.07, 6.45) is 1.69. The summed E-state index contributed by atoms with van der Waals surface area (Å²) in [6.45, 7) is 6.14. The van der Waals surface area contributed by atoms with Gasteiger partial charge in [-0.25, -0.2) is 4.98 Å². The second-order valence-electron chi connectivity index (χ2n) is 4.32. The number of hydrogen-bond acceptors (Lipinski definition) is 3. The fraction of sp³-hybridized carbons (Fsp3) is 0.214. The van der Waals surface area contributed by atoms with Crippen LogP contribution in [-0.4, -0.2) is 4.98 Å². The molecule has 0 aliphatic rings. The first kappa shape index (κ1) is 11.5. The fourth-order valence-electron chi connectivity index (χ4n) is 1.77. The summed E-state index contributed by atoms with van der Waals surface area (Å²) in [4.78, 5) is 4.28. The average molecular weight is 227 g/mol. The Morgan fingerprint density at radius 2 is 1.71 bits per heavy atom. The molecule has 0 saturated carbocycles. The molecule has 3 heteroatoms. The SMILES string of the molecule is Cc1cc(Nc2c(C)cccc2C)ncc1N. The smallest absolute Gasteiger partial charge is 0.130 e. The molecule has 0 radical (unpaired) electrons. The van der Waals surface area contributed by atoms with Gasteiger partial charge in [-0.2, -0.15) is 0 Å². The van der Waals surface area contributed by atoms with E-state index in [2.05, 4.69) is 42.3 Å². The first-order chi connectivity index (χ1) is 8.08. The lowest BCUT2D eigenvalue weighted by Crippen LogP contribution is -2.00. The zero-order chi connectivity index (χ0) is 12.4. The Hall–Kier alpha value is -2.03. The summed E-state index contributed by atoms with van der Waals surface area (Å²) in [6, 6.07) is 8.18. The molecule has 0 spiro atoms. The van der Waals surface area contributed by atoms with Gasteiger partial charge in [-0.1, -0.05) is 18.2 Å². The number of anilines is 3. The highest BCUT2D eigenvalue weighted by molar-refractivity contribution is 5.65. The average Bonchev–Trinajstić information content (AvgIpc) is 2.28. The van der Waals surface area contributed by atoms with Crippen LogP contribution in [-0.2, 0) is 0 Å². The van der Waals surface area contributed by atoms with E-state index in [9.17, 15) is 0 Å². The largest absolute Gasteiger partial charge is 0.397 e. The van der Waals surface area contributed by atoms with Crippen LogP contribution in [0.4, 0.5) is 17.2 Å². The van der Waals surface area contributed by atoms with Crippen molar-refractivity contribution in [3.05, 3.63) is 47.2 Å². The highest BCUT2D eigenvalue weighted by Gasteiger charge is 2.04. The van der Waals surface area contributed by atoms with Crippen molar-refractivity contribution in [2.24, 2.45) is 0 Å². The number of nitrogens with two attached hydrogens (primary N) is 1. The lowest BCUT2D eigenvalue weighted by molar-refractivity contribution is 1.26. The lowest BCUT2D eigenvalue weighted by Gasteiger charge is -2.12. The summed E-state index contributed by atoms with van der Waals surface area (Å²) in [5.74, 6) is 0.828. The van der Waals surface area contributed by atoms with E-state index < -0.39 is 0 Å². The van der Waals surface area contributed by atoms with Gasteiger partial charge in [-0.3, -0.25) is 0 Å². The molecule has 0 atom stereocenters. The summed E-state index contributed by atoms with van der Waals surface area (Å²) < 4.78 is 0. The number of benzene rings is 1. The van der Waals surface area contributed by atoms with Gasteiger partial charge in [-0.05, 0) is 43.5 Å². The maximum atomic E-state index is 5.75. The van der Waals surface area contributed by atoms with Crippen molar-refractivity contribution >= 4 is 17.2 Å². The van der Waals surface area contributed by atoms with Crippen molar-refractivity contribution in [2.45, 2.75) is 20.8 Å². The Morgan fingerprint density at radius 1 is 1.06 bits per heavy atom. The van der Waals surface area contributed by atoms with Crippen LogP contribution in [0.15, 0.2) is 30.5 Å². The Bertz CT molecular complexity index is 527.